The zero-order valence-electron chi connectivity index (χ0n) is 11.9. The summed E-state index contributed by atoms with van der Waals surface area (Å²) in [5.74, 6) is -0.0697. The highest BCUT2D eigenvalue weighted by atomic mass is 79.9. The monoisotopic (exact) mass is 335 g/mol. The number of hydrogen-bond donors (Lipinski definition) is 1. The summed E-state index contributed by atoms with van der Waals surface area (Å²) in [6.07, 6.45) is 0. The molecule has 0 radical (unpaired) electrons. The topological polar surface area (TPSA) is 46.9 Å². The lowest BCUT2D eigenvalue weighted by atomic mass is 10.2. The zero-order valence-corrected chi connectivity index (χ0v) is 13.4. The van der Waals surface area contributed by atoms with Crippen LogP contribution in [0.3, 0.4) is 0 Å². The molecule has 1 atom stereocenters. The normalized spacial score (nSPS) is 12.2. The van der Waals surface area contributed by atoms with Gasteiger partial charge in [0, 0.05) is 22.3 Å². The van der Waals surface area contributed by atoms with E-state index >= 15 is 0 Å². The van der Waals surface area contributed by atoms with Gasteiger partial charge in [-0.25, -0.2) is 0 Å². The molecule has 0 saturated heterocycles. The molecule has 106 valence electrons. The summed E-state index contributed by atoms with van der Waals surface area (Å²) < 4.78 is 2.84. The van der Waals surface area contributed by atoms with Crippen molar-refractivity contribution < 1.29 is 4.79 Å². The lowest BCUT2D eigenvalue weighted by Gasteiger charge is -2.15. The molecule has 0 fully saturated rings. The molecule has 0 aliphatic carbocycles. The average Bonchev–Trinajstić information content (AvgIpc) is 2.74. The van der Waals surface area contributed by atoms with Gasteiger partial charge in [-0.3, -0.25) is 9.48 Å². The Morgan fingerprint density at radius 2 is 2.15 bits per heavy atom. The molecule has 1 amide bonds. The standard InChI is InChI=1S/C15H18BrN3O/c1-10-7-11(2)19(18-10)12(3)9-17-15(20)13-5-4-6-14(16)8-13/h4-8,12H,9H2,1-3H3,(H,17,20)/t12-/m0/s1. The Balaban J connectivity index is 1.98. The smallest absolute Gasteiger partial charge is 0.251 e. The minimum Gasteiger partial charge on any atom is -0.350 e. The maximum Gasteiger partial charge on any atom is 0.251 e. The molecule has 1 aromatic heterocycles. The first kappa shape index (κ1) is 14.8. The van der Waals surface area contributed by atoms with Gasteiger partial charge in [-0.05, 0) is 45.0 Å². The van der Waals surface area contributed by atoms with E-state index in [-0.39, 0.29) is 11.9 Å². The van der Waals surface area contributed by atoms with Crippen LogP contribution in [0.4, 0.5) is 0 Å². The molecule has 0 saturated carbocycles. The van der Waals surface area contributed by atoms with Crippen LogP contribution in [0.1, 0.15) is 34.7 Å². The Bertz CT molecular complexity index is 621. The van der Waals surface area contributed by atoms with Crippen molar-refractivity contribution in [2.75, 3.05) is 6.54 Å². The van der Waals surface area contributed by atoms with Crippen molar-refractivity contribution in [3.05, 3.63) is 51.8 Å². The lowest BCUT2D eigenvalue weighted by molar-refractivity contribution is 0.0947. The third kappa shape index (κ3) is 3.48. The summed E-state index contributed by atoms with van der Waals surface area (Å²) in [6, 6.07) is 9.52. The number of nitrogens with zero attached hydrogens (tertiary/aromatic N) is 2. The van der Waals surface area contributed by atoms with Crippen LogP contribution in [0.5, 0.6) is 0 Å². The molecule has 0 aliphatic heterocycles. The largest absolute Gasteiger partial charge is 0.350 e. The maximum atomic E-state index is 12.1. The molecule has 5 heteroatoms. The fourth-order valence-electron chi connectivity index (χ4n) is 2.15. The Morgan fingerprint density at radius 1 is 1.40 bits per heavy atom. The molecule has 1 aromatic carbocycles. The van der Waals surface area contributed by atoms with Gasteiger partial charge in [-0.2, -0.15) is 5.10 Å². The predicted molar refractivity (Wildman–Crippen MR) is 82.9 cm³/mol. The van der Waals surface area contributed by atoms with Crippen molar-refractivity contribution in [3.8, 4) is 0 Å². The lowest BCUT2D eigenvalue weighted by Crippen LogP contribution is -2.30. The third-order valence-corrected chi connectivity index (χ3v) is 3.60. The van der Waals surface area contributed by atoms with Gasteiger partial charge in [0.25, 0.3) is 5.91 Å². The van der Waals surface area contributed by atoms with Crippen LogP contribution in [-0.2, 0) is 0 Å². The summed E-state index contributed by atoms with van der Waals surface area (Å²) in [5.41, 5.74) is 2.75. The fourth-order valence-corrected chi connectivity index (χ4v) is 2.55. The predicted octanol–water partition coefficient (Wildman–Crippen LogP) is 3.25. The molecule has 0 aliphatic rings. The molecular weight excluding hydrogens is 318 g/mol. The van der Waals surface area contributed by atoms with Crippen molar-refractivity contribution in [1.29, 1.82) is 0 Å². The van der Waals surface area contributed by atoms with Crippen molar-refractivity contribution >= 4 is 21.8 Å². The second-order valence-corrected chi connectivity index (χ2v) is 5.86. The molecule has 20 heavy (non-hydrogen) atoms. The van der Waals surface area contributed by atoms with Crippen LogP contribution < -0.4 is 5.32 Å². The van der Waals surface area contributed by atoms with Gasteiger partial charge in [0.05, 0.1) is 11.7 Å². The zero-order chi connectivity index (χ0) is 14.7. The minimum atomic E-state index is -0.0697. The highest BCUT2D eigenvalue weighted by Crippen LogP contribution is 2.12. The first-order valence-corrected chi connectivity index (χ1v) is 7.33. The molecular formula is C15H18BrN3O. The highest BCUT2D eigenvalue weighted by Gasteiger charge is 2.12. The summed E-state index contributed by atoms with van der Waals surface area (Å²) in [6.45, 7) is 6.58. The molecule has 0 spiro atoms. The number of carbonyl (C=O) groups is 1. The molecule has 4 nitrogen and oxygen atoms in total. The molecule has 2 aromatic rings. The number of amides is 1. The van der Waals surface area contributed by atoms with Crippen LogP contribution >= 0.6 is 15.9 Å². The molecule has 0 bridgehead atoms. The van der Waals surface area contributed by atoms with Crippen molar-refractivity contribution in [3.63, 3.8) is 0 Å². The first-order valence-electron chi connectivity index (χ1n) is 6.54. The second kappa shape index (κ2) is 6.22. The van der Waals surface area contributed by atoms with E-state index in [9.17, 15) is 4.79 Å². The Kier molecular flexibility index (Phi) is 4.60. The highest BCUT2D eigenvalue weighted by molar-refractivity contribution is 9.10. The van der Waals surface area contributed by atoms with Crippen LogP contribution in [0, 0.1) is 13.8 Å². The van der Waals surface area contributed by atoms with Gasteiger partial charge in [0.15, 0.2) is 0 Å². The van der Waals surface area contributed by atoms with E-state index in [4.69, 9.17) is 0 Å². The van der Waals surface area contributed by atoms with E-state index in [1.165, 1.54) is 0 Å². The van der Waals surface area contributed by atoms with Crippen molar-refractivity contribution in [2.45, 2.75) is 26.8 Å². The Morgan fingerprint density at radius 3 is 2.75 bits per heavy atom. The van der Waals surface area contributed by atoms with E-state index in [2.05, 4.69) is 26.3 Å². The van der Waals surface area contributed by atoms with E-state index in [0.29, 0.717) is 12.1 Å². The van der Waals surface area contributed by atoms with Gasteiger partial charge in [-0.1, -0.05) is 22.0 Å². The first-order chi connectivity index (χ1) is 9.47. The number of halogens is 1. The summed E-state index contributed by atoms with van der Waals surface area (Å²) in [7, 11) is 0. The Labute approximate surface area is 127 Å². The molecule has 1 heterocycles. The van der Waals surface area contributed by atoms with Crippen LogP contribution in [0.25, 0.3) is 0 Å². The van der Waals surface area contributed by atoms with Gasteiger partial charge < -0.3 is 5.32 Å². The number of rotatable bonds is 4. The molecule has 0 unspecified atom stereocenters. The second-order valence-electron chi connectivity index (χ2n) is 4.94. The maximum absolute atomic E-state index is 12.1. The van der Waals surface area contributed by atoms with Crippen molar-refractivity contribution in [1.82, 2.24) is 15.1 Å². The number of benzene rings is 1. The quantitative estimate of drug-likeness (QED) is 0.932. The number of aromatic nitrogens is 2. The number of carbonyl (C=O) groups excluding carboxylic acids is 1. The van der Waals surface area contributed by atoms with Crippen LogP contribution in [-0.4, -0.2) is 22.2 Å². The van der Waals surface area contributed by atoms with Gasteiger partial charge >= 0.3 is 0 Å². The molecule has 1 N–H and O–H groups in total. The van der Waals surface area contributed by atoms with Gasteiger partial charge in [0.2, 0.25) is 0 Å². The van der Waals surface area contributed by atoms with Crippen LogP contribution in [0.2, 0.25) is 0 Å². The number of aryl methyl sites for hydroxylation is 2. The van der Waals surface area contributed by atoms with Gasteiger partial charge in [0.1, 0.15) is 0 Å². The van der Waals surface area contributed by atoms with E-state index < -0.39 is 0 Å². The van der Waals surface area contributed by atoms with Gasteiger partial charge in [-0.15, -0.1) is 0 Å². The summed E-state index contributed by atoms with van der Waals surface area (Å²) >= 11 is 3.37. The fraction of sp³-hybridized carbons (Fsp3) is 0.333. The molecule has 2 rings (SSSR count). The van der Waals surface area contributed by atoms with E-state index in [1.54, 1.807) is 6.07 Å². The summed E-state index contributed by atoms with van der Waals surface area (Å²) in [5, 5.41) is 7.37. The Hall–Kier alpha value is -1.62. The SMILES string of the molecule is Cc1cc(C)n([C@@H](C)CNC(=O)c2cccc(Br)c2)n1. The summed E-state index contributed by atoms with van der Waals surface area (Å²) in [4.78, 5) is 12.1. The number of hydrogen-bond acceptors (Lipinski definition) is 2. The average molecular weight is 336 g/mol. The number of nitrogens with one attached hydrogen (secondary N) is 1. The third-order valence-electron chi connectivity index (χ3n) is 3.11. The van der Waals surface area contributed by atoms with E-state index in [1.807, 2.05) is 49.7 Å². The van der Waals surface area contributed by atoms with Crippen LogP contribution in [0.15, 0.2) is 34.8 Å². The minimum absolute atomic E-state index is 0.0697. The van der Waals surface area contributed by atoms with E-state index in [0.717, 1.165) is 15.9 Å². The van der Waals surface area contributed by atoms with Crippen molar-refractivity contribution in [2.24, 2.45) is 0 Å².